The lowest BCUT2D eigenvalue weighted by Crippen LogP contribution is -2.68. The largest absolute Gasteiger partial charge is 0.453 e. The number of methoxy groups -OCH3 is 1. The minimum atomic E-state index is -0.583. The molecule has 5 heteroatoms. The topological polar surface area (TPSA) is 67.6 Å². The summed E-state index contributed by atoms with van der Waals surface area (Å²) in [5.41, 5.74) is 5.57. The highest BCUT2D eigenvalue weighted by Crippen LogP contribution is 2.18. The number of hydrogen-bond acceptors (Lipinski definition) is 4. The van der Waals surface area contributed by atoms with E-state index in [4.69, 9.17) is 10.5 Å². The van der Waals surface area contributed by atoms with Gasteiger partial charge in [-0.2, -0.15) is 0 Å². The summed E-state index contributed by atoms with van der Waals surface area (Å²) in [6, 6.07) is 0. The maximum absolute atomic E-state index is 11.5. The van der Waals surface area contributed by atoms with Crippen molar-refractivity contribution in [2.75, 3.05) is 26.7 Å². The van der Waals surface area contributed by atoms with Crippen LogP contribution in [0, 0.1) is 0 Å². The quantitative estimate of drug-likeness (QED) is 0.665. The van der Waals surface area contributed by atoms with E-state index < -0.39 is 5.66 Å². The van der Waals surface area contributed by atoms with Gasteiger partial charge in [0.05, 0.1) is 7.11 Å². The number of rotatable bonds is 2. The fourth-order valence-corrected chi connectivity index (χ4v) is 1.85. The van der Waals surface area contributed by atoms with Gasteiger partial charge in [0.2, 0.25) is 0 Å². The molecule has 1 aliphatic rings. The number of ether oxygens (including phenoxy) is 1. The molecule has 1 atom stereocenters. The Bertz CT molecular complexity index is 206. The molecule has 0 aromatic heterocycles. The Labute approximate surface area is 84.6 Å². The zero-order valence-corrected chi connectivity index (χ0v) is 8.88. The minimum Gasteiger partial charge on any atom is -0.453 e. The predicted molar refractivity (Wildman–Crippen MR) is 53.8 cm³/mol. The molecule has 82 valence electrons. The second-order valence-electron chi connectivity index (χ2n) is 3.65. The van der Waals surface area contributed by atoms with E-state index in [1.165, 1.54) is 7.11 Å². The van der Waals surface area contributed by atoms with E-state index in [9.17, 15) is 4.79 Å². The molecule has 3 N–H and O–H groups in total. The van der Waals surface area contributed by atoms with E-state index in [2.05, 4.69) is 12.2 Å². The highest BCUT2D eigenvalue weighted by molar-refractivity contribution is 5.68. The summed E-state index contributed by atoms with van der Waals surface area (Å²) in [6.07, 6.45) is 1.41. The number of carbonyl (C=O) groups is 1. The molecule has 5 nitrogen and oxygen atoms in total. The molecule has 1 fully saturated rings. The second kappa shape index (κ2) is 4.61. The van der Waals surface area contributed by atoms with Crippen molar-refractivity contribution >= 4 is 6.09 Å². The zero-order chi connectivity index (χ0) is 10.6. The van der Waals surface area contributed by atoms with Crippen molar-refractivity contribution in [2.45, 2.75) is 25.4 Å². The number of piperazine rings is 1. The average molecular weight is 201 g/mol. The summed E-state index contributed by atoms with van der Waals surface area (Å²) in [7, 11) is 1.39. The standard InChI is InChI=1S/C9H19N3O2/c1-3-4-9(10)7-11-5-6-12(9)8(13)14-2/h11H,3-7,10H2,1-2H3. The molecule has 0 radical (unpaired) electrons. The molecule has 14 heavy (non-hydrogen) atoms. The first-order chi connectivity index (χ1) is 6.64. The van der Waals surface area contributed by atoms with Crippen molar-refractivity contribution in [1.82, 2.24) is 10.2 Å². The van der Waals surface area contributed by atoms with Gasteiger partial charge in [0.25, 0.3) is 0 Å². The normalized spacial score (nSPS) is 27.5. The maximum atomic E-state index is 11.5. The van der Waals surface area contributed by atoms with E-state index in [1.54, 1.807) is 4.90 Å². The predicted octanol–water partition coefficient (Wildman–Crippen LogP) is 0.113. The SMILES string of the molecule is CCCC1(N)CNCCN1C(=O)OC. The number of nitrogens with one attached hydrogen (secondary N) is 1. The van der Waals surface area contributed by atoms with E-state index in [0.717, 1.165) is 19.4 Å². The van der Waals surface area contributed by atoms with Gasteiger partial charge in [0.1, 0.15) is 5.66 Å². The van der Waals surface area contributed by atoms with Crippen LogP contribution in [0.25, 0.3) is 0 Å². The highest BCUT2D eigenvalue weighted by Gasteiger charge is 2.37. The van der Waals surface area contributed by atoms with E-state index >= 15 is 0 Å². The molecule has 1 unspecified atom stereocenters. The summed E-state index contributed by atoms with van der Waals surface area (Å²) < 4.78 is 4.71. The van der Waals surface area contributed by atoms with Crippen molar-refractivity contribution in [2.24, 2.45) is 5.73 Å². The molecule has 0 bridgehead atoms. The fourth-order valence-electron chi connectivity index (χ4n) is 1.85. The van der Waals surface area contributed by atoms with Gasteiger partial charge in [-0.25, -0.2) is 4.79 Å². The lowest BCUT2D eigenvalue weighted by molar-refractivity contribution is 0.0432. The van der Waals surface area contributed by atoms with Crippen LogP contribution in [0.1, 0.15) is 19.8 Å². The Hall–Kier alpha value is -0.810. The number of carbonyl (C=O) groups excluding carboxylic acids is 1. The Balaban J connectivity index is 2.72. The maximum Gasteiger partial charge on any atom is 0.411 e. The fraction of sp³-hybridized carbons (Fsp3) is 0.889. The van der Waals surface area contributed by atoms with Gasteiger partial charge in [-0.05, 0) is 6.42 Å². The average Bonchev–Trinajstić information content (AvgIpc) is 2.17. The van der Waals surface area contributed by atoms with Crippen molar-refractivity contribution in [3.63, 3.8) is 0 Å². The number of nitrogens with zero attached hydrogens (tertiary/aromatic N) is 1. The molecule has 1 aliphatic heterocycles. The molecule has 0 aromatic carbocycles. The van der Waals surface area contributed by atoms with Crippen LogP contribution in [0.2, 0.25) is 0 Å². The van der Waals surface area contributed by atoms with E-state index in [0.29, 0.717) is 13.1 Å². The van der Waals surface area contributed by atoms with Crippen LogP contribution >= 0.6 is 0 Å². The third-order valence-electron chi connectivity index (χ3n) is 2.56. The molecule has 0 saturated carbocycles. The van der Waals surface area contributed by atoms with Crippen LogP contribution in [0.15, 0.2) is 0 Å². The lowest BCUT2D eigenvalue weighted by Gasteiger charge is -2.43. The Kier molecular flexibility index (Phi) is 3.71. The van der Waals surface area contributed by atoms with E-state index in [1.807, 2.05) is 0 Å². The summed E-state index contributed by atoms with van der Waals surface area (Å²) in [5, 5.41) is 3.19. The van der Waals surface area contributed by atoms with Gasteiger partial charge < -0.3 is 15.8 Å². The molecule has 1 rings (SSSR count). The Morgan fingerprint density at radius 1 is 1.71 bits per heavy atom. The first-order valence-corrected chi connectivity index (χ1v) is 4.99. The molecule has 0 aromatic rings. The van der Waals surface area contributed by atoms with Crippen LogP contribution in [0.3, 0.4) is 0 Å². The van der Waals surface area contributed by atoms with Gasteiger partial charge in [-0.1, -0.05) is 13.3 Å². The van der Waals surface area contributed by atoms with Crippen molar-refractivity contribution < 1.29 is 9.53 Å². The molecule has 1 heterocycles. The van der Waals surface area contributed by atoms with Crippen molar-refractivity contribution in [3.8, 4) is 0 Å². The molecule has 0 spiro atoms. The number of amides is 1. The molecule has 1 saturated heterocycles. The smallest absolute Gasteiger partial charge is 0.411 e. The monoisotopic (exact) mass is 201 g/mol. The molecular weight excluding hydrogens is 182 g/mol. The number of nitrogens with two attached hydrogens (primary N) is 1. The Morgan fingerprint density at radius 3 is 3.00 bits per heavy atom. The summed E-state index contributed by atoms with van der Waals surface area (Å²) in [4.78, 5) is 13.1. The van der Waals surface area contributed by atoms with Crippen LogP contribution in [-0.2, 0) is 4.74 Å². The van der Waals surface area contributed by atoms with Gasteiger partial charge in [0.15, 0.2) is 0 Å². The summed E-state index contributed by atoms with van der Waals surface area (Å²) in [6.45, 7) is 4.08. The van der Waals surface area contributed by atoms with Crippen LogP contribution in [0.5, 0.6) is 0 Å². The third-order valence-corrected chi connectivity index (χ3v) is 2.56. The van der Waals surface area contributed by atoms with E-state index in [-0.39, 0.29) is 6.09 Å². The highest BCUT2D eigenvalue weighted by atomic mass is 16.5. The van der Waals surface area contributed by atoms with Crippen molar-refractivity contribution in [1.29, 1.82) is 0 Å². The van der Waals surface area contributed by atoms with Gasteiger partial charge in [-0.15, -0.1) is 0 Å². The first-order valence-electron chi connectivity index (χ1n) is 4.99. The zero-order valence-electron chi connectivity index (χ0n) is 8.88. The van der Waals surface area contributed by atoms with Gasteiger partial charge in [0, 0.05) is 19.6 Å². The second-order valence-corrected chi connectivity index (χ2v) is 3.65. The van der Waals surface area contributed by atoms with Gasteiger partial charge >= 0.3 is 6.09 Å². The first kappa shape index (κ1) is 11.3. The van der Waals surface area contributed by atoms with Crippen LogP contribution in [0.4, 0.5) is 4.79 Å². The lowest BCUT2D eigenvalue weighted by atomic mass is 10.0. The molecule has 0 aliphatic carbocycles. The van der Waals surface area contributed by atoms with Crippen LogP contribution < -0.4 is 11.1 Å². The summed E-state index contributed by atoms with van der Waals surface area (Å²) >= 11 is 0. The summed E-state index contributed by atoms with van der Waals surface area (Å²) in [5.74, 6) is 0. The third kappa shape index (κ3) is 2.16. The molecule has 1 amide bonds. The van der Waals surface area contributed by atoms with Gasteiger partial charge in [-0.3, -0.25) is 4.90 Å². The molecular formula is C9H19N3O2. The number of hydrogen-bond donors (Lipinski definition) is 2. The Morgan fingerprint density at radius 2 is 2.43 bits per heavy atom. The minimum absolute atomic E-state index is 0.331. The van der Waals surface area contributed by atoms with Crippen molar-refractivity contribution in [3.05, 3.63) is 0 Å². The van der Waals surface area contributed by atoms with Crippen LogP contribution in [-0.4, -0.2) is 43.4 Å².